The van der Waals surface area contributed by atoms with Gasteiger partial charge in [0.1, 0.15) is 15.8 Å². The summed E-state index contributed by atoms with van der Waals surface area (Å²) in [6.45, 7) is 2.05. The first-order valence-electron chi connectivity index (χ1n) is 10.1. The molecule has 0 saturated carbocycles. The number of hydrogen-bond donors (Lipinski definition) is 1. The first kappa shape index (κ1) is 19.2. The van der Waals surface area contributed by atoms with E-state index in [4.69, 9.17) is 14.7 Å². The Bertz CT molecular complexity index is 1380. The number of thiazole rings is 2. The highest BCUT2D eigenvalue weighted by Crippen LogP contribution is 2.47. The van der Waals surface area contributed by atoms with E-state index >= 15 is 0 Å². The number of rotatable bonds is 4. The van der Waals surface area contributed by atoms with Crippen molar-refractivity contribution in [2.75, 3.05) is 26.0 Å². The zero-order valence-electron chi connectivity index (χ0n) is 17.1. The summed E-state index contributed by atoms with van der Waals surface area (Å²) in [7, 11) is 3.88. The van der Waals surface area contributed by atoms with Gasteiger partial charge in [-0.3, -0.25) is 0 Å². The van der Waals surface area contributed by atoms with Crippen LogP contribution in [0.4, 0.5) is 10.1 Å². The van der Waals surface area contributed by atoms with E-state index in [-0.39, 0.29) is 0 Å². The molecule has 1 N–H and O–H groups in total. The number of hydrogen-bond acceptors (Lipinski definition) is 8. The number of thiophene rings is 1. The number of aromatic nitrogens is 2. The van der Waals surface area contributed by atoms with Crippen molar-refractivity contribution in [1.29, 1.82) is 0 Å². The van der Waals surface area contributed by atoms with Crippen molar-refractivity contribution in [1.82, 2.24) is 14.9 Å². The average molecular weight is 465 g/mol. The van der Waals surface area contributed by atoms with Crippen LogP contribution < -0.4 is 10.1 Å². The molecular weight excluding hydrogens is 444 g/mol. The van der Waals surface area contributed by atoms with Crippen LogP contribution in [0.5, 0.6) is 5.75 Å². The van der Waals surface area contributed by atoms with Gasteiger partial charge in [0.05, 0.1) is 27.5 Å². The Morgan fingerprint density at radius 1 is 1.00 bits per heavy atom. The lowest BCUT2D eigenvalue weighted by atomic mass is 10.0. The van der Waals surface area contributed by atoms with Crippen LogP contribution in [0, 0.1) is 0 Å². The van der Waals surface area contributed by atoms with E-state index in [9.17, 15) is 0 Å². The lowest BCUT2D eigenvalue weighted by Crippen LogP contribution is -2.25. The molecule has 0 bridgehead atoms. The van der Waals surface area contributed by atoms with E-state index in [2.05, 4.69) is 41.5 Å². The molecule has 3 aromatic heterocycles. The van der Waals surface area contributed by atoms with Gasteiger partial charge in [-0.25, -0.2) is 9.97 Å². The quantitative estimate of drug-likeness (QED) is 0.335. The van der Waals surface area contributed by atoms with Crippen molar-refractivity contribution in [3.63, 3.8) is 0 Å². The number of ether oxygens (including phenoxy) is 1. The lowest BCUT2D eigenvalue weighted by Gasteiger charge is -2.22. The summed E-state index contributed by atoms with van der Waals surface area (Å²) in [6.07, 6.45) is 1.05. The van der Waals surface area contributed by atoms with Gasteiger partial charge in [-0.2, -0.15) is 0 Å². The van der Waals surface area contributed by atoms with Gasteiger partial charge >= 0.3 is 0 Å². The van der Waals surface area contributed by atoms with Gasteiger partial charge in [0, 0.05) is 23.5 Å². The highest BCUT2D eigenvalue weighted by Gasteiger charge is 2.26. The van der Waals surface area contributed by atoms with Crippen LogP contribution in [0.3, 0.4) is 0 Å². The van der Waals surface area contributed by atoms with Crippen LogP contribution in [0.2, 0.25) is 0 Å². The van der Waals surface area contributed by atoms with Crippen molar-refractivity contribution in [2.24, 2.45) is 0 Å². The summed E-state index contributed by atoms with van der Waals surface area (Å²) in [5.41, 5.74) is 4.74. The molecule has 5 aromatic rings. The molecule has 0 fully saturated rings. The molecule has 1 aliphatic heterocycles. The summed E-state index contributed by atoms with van der Waals surface area (Å²) in [4.78, 5) is 13.6. The fraction of sp³-hybridized carbons (Fsp3) is 0.217. The minimum absolute atomic E-state index is 0.854. The summed E-state index contributed by atoms with van der Waals surface area (Å²) in [5, 5.41) is 6.78. The number of nitrogens with one attached hydrogen (secondary N) is 1. The molecule has 1 aliphatic rings. The molecule has 5 nitrogen and oxygen atoms in total. The van der Waals surface area contributed by atoms with Gasteiger partial charge in [0.15, 0.2) is 5.13 Å². The highest BCUT2D eigenvalue weighted by atomic mass is 32.1. The Hall–Kier alpha value is -2.52. The molecule has 2 aromatic carbocycles. The summed E-state index contributed by atoms with van der Waals surface area (Å²) < 4.78 is 7.71. The molecule has 0 spiro atoms. The molecule has 4 heterocycles. The monoisotopic (exact) mass is 464 g/mol. The number of benzene rings is 2. The van der Waals surface area contributed by atoms with Gasteiger partial charge in [0.25, 0.3) is 0 Å². The fourth-order valence-corrected chi connectivity index (χ4v) is 7.41. The van der Waals surface area contributed by atoms with Crippen molar-refractivity contribution in [3.8, 4) is 16.3 Å². The zero-order chi connectivity index (χ0) is 20.9. The molecule has 0 aliphatic carbocycles. The van der Waals surface area contributed by atoms with Crippen LogP contribution >= 0.6 is 34.0 Å². The third kappa shape index (κ3) is 3.40. The molecule has 6 rings (SSSR count). The number of methoxy groups -OCH3 is 1. The Balaban J connectivity index is 1.46. The van der Waals surface area contributed by atoms with Crippen LogP contribution in [-0.4, -0.2) is 35.6 Å². The van der Waals surface area contributed by atoms with Crippen LogP contribution in [0.25, 0.3) is 31.0 Å². The molecule has 0 unspecified atom stereocenters. The minimum atomic E-state index is 0.854. The SMILES string of the molecule is COc1ccc2nc(Nc3sc4c(c3-c3nc5ccccc5s3)CCN(C)C4)sc2c1. The van der Waals surface area contributed by atoms with Crippen LogP contribution in [-0.2, 0) is 13.0 Å². The fourth-order valence-electron chi connectivity index (χ4n) is 4.01. The molecule has 0 atom stereocenters. The second-order valence-corrected chi connectivity index (χ2v) is 10.8. The maximum atomic E-state index is 5.37. The number of nitrogens with zero attached hydrogens (tertiary/aromatic N) is 3. The van der Waals surface area contributed by atoms with Gasteiger partial charge in [-0.05, 0) is 49.4 Å². The molecule has 156 valence electrons. The number of likely N-dealkylation sites (N-methyl/N-ethyl adjacent to an activating group) is 1. The normalized spacial score (nSPS) is 14.3. The smallest absolute Gasteiger partial charge is 0.188 e. The predicted molar refractivity (Wildman–Crippen MR) is 132 cm³/mol. The van der Waals surface area contributed by atoms with Gasteiger partial charge in [0.2, 0.25) is 0 Å². The second kappa shape index (κ2) is 7.56. The Kier molecular flexibility index (Phi) is 4.68. The topological polar surface area (TPSA) is 50.3 Å². The summed E-state index contributed by atoms with van der Waals surface area (Å²) in [6, 6.07) is 14.4. The Labute approximate surface area is 192 Å². The van der Waals surface area contributed by atoms with E-state index in [0.717, 1.165) is 56.1 Å². The summed E-state index contributed by atoms with van der Waals surface area (Å²) in [5.74, 6) is 0.854. The van der Waals surface area contributed by atoms with Gasteiger partial charge in [-0.1, -0.05) is 23.5 Å². The van der Waals surface area contributed by atoms with E-state index < -0.39 is 0 Å². The molecule has 8 heteroatoms. The molecule has 31 heavy (non-hydrogen) atoms. The lowest BCUT2D eigenvalue weighted by molar-refractivity contribution is 0.317. The maximum Gasteiger partial charge on any atom is 0.188 e. The molecule has 0 saturated heterocycles. The largest absolute Gasteiger partial charge is 0.497 e. The summed E-state index contributed by atoms with van der Waals surface area (Å²) >= 11 is 5.26. The van der Waals surface area contributed by atoms with Crippen LogP contribution in [0.1, 0.15) is 10.4 Å². The maximum absolute atomic E-state index is 5.37. The van der Waals surface area contributed by atoms with E-state index in [1.807, 2.05) is 29.5 Å². The van der Waals surface area contributed by atoms with Crippen molar-refractivity contribution in [3.05, 3.63) is 52.9 Å². The van der Waals surface area contributed by atoms with E-state index in [0.29, 0.717) is 0 Å². The van der Waals surface area contributed by atoms with Gasteiger partial charge < -0.3 is 15.0 Å². The van der Waals surface area contributed by atoms with Gasteiger partial charge in [-0.15, -0.1) is 22.7 Å². The van der Waals surface area contributed by atoms with Crippen molar-refractivity contribution >= 4 is 64.6 Å². The first-order chi connectivity index (χ1) is 15.2. The second-order valence-electron chi connectivity index (χ2n) is 7.66. The first-order valence-corrected chi connectivity index (χ1v) is 12.5. The third-order valence-corrected chi connectivity index (χ3v) is 8.69. The zero-order valence-corrected chi connectivity index (χ0v) is 19.6. The van der Waals surface area contributed by atoms with Crippen LogP contribution in [0.15, 0.2) is 42.5 Å². The molecular formula is C23H20N4OS3. The number of para-hydroxylation sites is 1. The van der Waals surface area contributed by atoms with E-state index in [1.165, 1.54) is 20.7 Å². The van der Waals surface area contributed by atoms with Crippen molar-refractivity contribution in [2.45, 2.75) is 13.0 Å². The Morgan fingerprint density at radius 2 is 1.87 bits per heavy atom. The molecule has 0 amide bonds. The third-order valence-electron chi connectivity index (χ3n) is 5.57. The number of anilines is 2. The Morgan fingerprint density at radius 3 is 2.74 bits per heavy atom. The average Bonchev–Trinajstić information content (AvgIpc) is 3.46. The molecule has 0 radical (unpaired) electrons. The standard InChI is InChI=1S/C23H20N4OS3/c1-27-10-9-14-19(12-27)30-22(20(14)21-24-15-5-3-4-6-17(15)29-21)26-23-25-16-8-7-13(28-2)11-18(16)31-23/h3-8,11H,9-10,12H2,1-2H3,(H,25,26). The minimum Gasteiger partial charge on any atom is -0.497 e. The predicted octanol–water partition coefficient (Wildman–Crippen LogP) is 6.37. The van der Waals surface area contributed by atoms with E-state index in [1.54, 1.807) is 29.8 Å². The van der Waals surface area contributed by atoms with Crippen molar-refractivity contribution < 1.29 is 4.74 Å². The number of fused-ring (bicyclic) bond motifs is 3. The highest BCUT2D eigenvalue weighted by molar-refractivity contribution is 7.24.